The summed E-state index contributed by atoms with van der Waals surface area (Å²) in [7, 11) is 0. The number of hydrogen-bond acceptors (Lipinski definition) is 3. The van der Waals surface area contributed by atoms with Crippen LogP contribution >= 0.6 is 23.8 Å². The molecule has 1 aromatic carbocycles. The number of benzene rings is 1. The maximum absolute atomic E-state index is 5.95. The molecule has 0 radical (unpaired) electrons. The molecule has 0 spiro atoms. The number of H-pyrrole nitrogens is 1. The lowest BCUT2D eigenvalue weighted by Gasteiger charge is -2.10. The quantitative estimate of drug-likeness (QED) is 0.721. The Hall–Kier alpha value is -1.85. The number of rotatable bonds is 3. The van der Waals surface area contributed by atoms with Crippen LogP contribution in [0.5, 0.6) is 5.75 Å². The first-order valence-corrected chi connectivity index (χ1v) is 7.36. The maximum atomic E-state index is 5.95. The minimum Gasteiger partial charge on any atom is -0.491 e. The van der Waals surface area contributed by atoms with Gasteiger partial charge in [0.05, 0.1) is 22.3 Å². The topological polar surface area (TPSA) is 42.8 Å². The third kappa shape index (κ3) is 2.80. The molecule has 0 aliphatic rings. The number of hydrogen-bond donors (Lipinski definition) is 1. The molecule has 0 saturated heterocycles. The van der Waals surface area contributed by atoms with Gasteiger partial charge in [0.15, 0.2) is 10.4 Å². The zero-order valence-electron chi connectivity index (χ0n) is 11.6. The van der Waals surface area contributed by atoms with Crippen molar-refractivity contribution < 1.29 is 4.74 Å². The van der Waals surface area contributed by atoms with Gasteiger partial charge < -0.3 is 9.72 Å². The van der Waals surface area contributed by atoms with E-state index in [4.69, 9.17) is 28.6 Å². The molecule has 0 aliphatic carbocycles. The molecule has 0 saturated carbocycles. The Morgan fingerprint density at radius 1 is 1.29 bits per heavy atom. The molecule has 0 atom stereocenters. The van der Waals surface area contributed by atoms with Gasteiger partial charge in [-0.3, -0.25) is 4.57 Å². The molecule has 2 heterocycles. The first kappa shape index (κ1) is 14.1. The van der Waals surface area contributed by atoms with Gasteiger partial charge >= 0.3 is 0 Å². The fraction of sp³-hybridized carbons (Fsp3) is 0.200. The van der Waals surface area contributed by atoms with Crippen LogP contribution in [0.25, 0.3) is 16.9 Å². The SMILES string of the molecule is CC(C)Oc1ccc(-n2c(=S)[nH]c3cc(Cl)cnc32)cc1. The first-order valence-electron chi connectivity index (χ1n) is 6.58. The second kappa shape index (κ2) is 5.50. The van der Waals surface area contributed by atoms with E-state index in [0.29, 0.717) is 9.79 Å². The van der Waals surface area contributed by atoms with E-state index in [2.05, 4.69) is 9.97 Å². The van der Waals surface area contributed by atoms with Gasteiger partial charge in [-0.2, -0.15) is 0 Å². The zero-order chi connectivity index (χ0) is 15.0. The summed E-state index contributed by atoms with van der Waals surface area (Å²) in [5.74, 6) is 0.830. The molecular weight excluding hydrogens is 306 g/mol. The Kier molecular flexibility index (Phi) is 3.69. The number of fused-ring (bicyclic) bond motifs is 1. The van der Waals surface area contributed by atoms with Gasteiger partial charge in [0.2, 0.25) is 0 Å². The normalized spacial score (nSPS) is 11.2. The van der Waals surface area contributed by atoms with Crippen LogP contribution in [0.1, 0.15) is 13.8 Å². The minimum atomic E-state index is 0.148. The van der Waals surface area contributed by atoms with Crippen molar-refractivity contribution in [3.05, 3.63) is 46.3 Å². The molecule has 0 bridgehead atoms. The predicted molar refractivity (Wildman–Crippen MR) is 87.0 cm³/mol. The molecule has 108 valence electrons. The van der Waals surface area contributed by atoms with Crippen molar-refractivity contribution in [2.24, 2.45) is 0 Å². The Labute approximate surface area is 132 Å². The molecule has 3 aromatic rings. The smallest absolute Gasteiger partial charge is 0.183 e. The predicted octanol–water partition coefficient (Wildman–Crippen LogP) is 4.52. The van der Waals surface area contributed by atoms with Gasteiger partial charge in [0, 0.05) is 6.20 Å². The summed E-state index contributed by atoms with van der Waals surface area (Å²) in [5.41, 5.74) is 2.49. The van der Waals surface area contributed by atoms with Crippen molar-refractivity contribution in [3.8, 4) is 11.4 Å². The van der Waals surface area contributed by atoms with E-state index in [1.807, 2.05) is 48.7 Å². The average Bonchev–Trinajstić information content (AvgIpc) is 2.74. The monoisotopic (exact) mass is 319 g/mol. The van der Waals surface area contributed by atoms with Crippen LogP contribution in [-0.4, -0.2) is 20.6 Å². The van der Waals surface area contributed by atoms with E-state index in [0.717, 1.165) is 22.6 Å². The van der Waals surface area contributed by atoms with E-state index in [-0.39, 0.29) is 6.10 Å². The number of ether oxygens (including phenoxy) is 1. The van der Waals surface area contributed by atoms with E-state index >= 15 is 0 Å². The molecule has 21 heavy (non-hydrogen) atoms. The minimum absolute atomic E-state index is 0.148. The molecule has 1 N–H and O–H groups in total. The molecule has 2 aromatic heterocycles. The Morgan fingerprint density at radius 2 is 2.00 bits per heavy atom. The molecule has 0 aliphatic heterocycles. The molecule has 3 rings (SSSR count). The van der Waals surface area contributed by atoms with Crippen LogP contribution in [0, 0.1) is 4.77 Å². The van der Waals surface area contributed by atoms with Crippen molar-refractivity contribution >= 4 is 35.0 Å². The lowest BCUT2D eigenvalue weighted by atomic mass is 10.3. The molecular formula is C15H14ClN3OS. The third-order valence-corrected chi connectivity index (χ3v) is 3.45. The van der Waals surface area contributed by atoms with E-state index in [1.54, 1.807) is 6.20 Å². The molecule has 4 nitrogen and oxygen atoms in total. The summed E-state index contributed by atoms with van der Waals surface area (Å²) in [6.07, 6.45) is 1.76. The van der Waals surface area contributed by atoms with Crippen LogP contribution in [-0.2, 0) is 0 Å². The van der Waals surface area contributed by atoms with Gasteiger partial charge in [-0.15, -0.1) is 0 Å². The molecule has 0 unspecified atom stereocenters. The fourth-order valence-electron chi connectivity index (χ4n) is 2.16. The fourth-order valence-corrected chi connectivity index (χ4v) is 2.61. The summed E-state index contributed by atoms with van der Waals surface area (Å²) in [5, 5.41) is 0.576. The van der Waals surface area contributed by atoms with Gasteiger partial charge in [0.1, 0.15) is 5.75 Å². The summed E-state index contributed by atoms with van der Waals surface area (Å²) < 4.78 is 8.10. The third-order valence-electron chi connectivity index (χ3n) is 2.96. The van der Waals surface area contributed by atoms with Crippen molar-refractivity contribution in [1.82, 2.24) is 14.5 Å². The van der Waals surface area contributed by atoms with Crippen LogP contribution in [0.2, 0.25) is 5.02 Å². The summed E-state index contributed by atoms with van der Waals surface area (Å²) >= 11 is 11.3. The van der Waals surface area contributed by atoms with Gasteiger partial charge in [-0.1, -0.05) is 11.6 Å². The van der Waals surface area contributed by atoms with E-state index in [9.17, 15) is 0 Å². The largest absolute Gasteiger partial charge is 0.491 e. The van der Waals surface area contributed by atoms with Crippen molar-refractivity contribution in [2.75, 3.05) is 0 Å². The Bertz CT molecular complexity index is 836. The highest BCUT2D eigenvalue weighted by molar-refractivity contribution is 7.71. The molecule has 6 heteroatoms. The van der Waals surface area contributed by atoms with Crippen molar-refractivity contribution in [2.45, 2.75) is 20.0 Å². The van der Waals surface area contributed by atoms with E-state index in [1.165, 1.54) is 0 Å². The average molecular weight is 320 g/mol. The number of pyridine rings is 1. The summed E-state index contributed by atoms with van der Waals surface area (Å²) in [6.45, 7) is 3.99. The van der Waals surface area contributed by atoms with Crippen molar-refractivity contribution in [3.63, 3.8) is 0 Å². The number of aromatic amines is 1. The van der Waals surface area contributed by atoms with Crippen LogP contribution in [0.15, 0.2) is 36.5 Å². The van der Waals surface area contributed by atoms with E-state index < -0.39 is 0 Å². The Balaban J connectivity index is 2.08. The van der Waals surface area contributed by atoms with Gasteiger partial charge in [0.25, 0.3) is 0 Å². The summed E-state index contributed by atoms with van der Waals surface area (Å²) in [4.78, 5) is 7.46. The number of halogens is 1. The maximum Gasteiger partial charge on any atom is 0.183 e. The number of nitrogens with zero attached hydrogens (tertiary/aromatic N) is 2. The number of imidazole rings is 1. The second-order valence-electron chi connectivity index (χ2n) is 4.95. The summed E-state index contributed by atoms with van der Waals surface area (Å²) in [6, 6.07) is 9.57. The van der Waals surface area contributed by atoms with Crippen LogP contribution < -0.4 is 4.74 Å². The lowest BCUT2D eigenvalue weighted by molar-refractivity contribution is 0.242. The first-order chi connectivity index (χ1) is 10.0. The zero-order valence-corrected chi connectivity index (χ0v) is 13.2. The number of aromatic nitrogens is 3. The lowest BCUT2D eigenvalue weighted by Crippen LogP contribution is -2.05. The highest BCUT2D eigenvalue weighted by atomic mass is 35.5. The Morgan fingerprint density at radius 3 is 2.67 bits per heavy atom. The number of nitrogens with one attached hydrogen (secondary N) is 1. The van der Waals surface area contributed by atoms with Crippen LogP contribution in [0.4, 0.5) is 0 Å². The van der Waals surface area contributed by atoms with Gasteiger partial charge in [-0.25, -0.2) is 4.98 Å². The highest BCUT2D eigenvalue weighted by Gasteiger charge is 2.08. The van der Waals surface area contributed by atoms with Crippen LogP contribution in [0.3, 0.4) is 0 Å². The second-order valence-corrected chi connectivity index (χ2v) is 5.77. The van der Waals surface area contributed by atoms with Crippen molar-refractivity contribution in [1.29, 1.82) is 0 Å². The highest BCUT2D eigenvalue weighted by Crippen LogP contribution is 2.22. The standard InChI is InChI=1S/C15H14ClN3OS/c1-9(2)20-12-5-3-11(4-6-12)19-14-13(18-15(19)21)7-10(16)8-17-14/h3-9H,1-2H3,(H,18,21). The molecule has 0 fully saturated rings. The molecule has 0 amide bonds. The van der Waals surface area contributed by atoms with Gasteiger partial charge in [-0.05, 0) is 56.4 Å².